The molecule has 0 aliphatic carbocycles. The zero-order chi connectivity index (χ0) is 9.52. The molecule has 0 radical (unpaired) electrons. The second kappa shape index (κ2) is 5.91. The van der Waals surface area contributed by atoms with Crippen LogP contribution in [0.3, 0.4) is 0 Å². The summed E-state index contributed by atoms with van der Waals surface area (Å²) in [7, 11) is 0. The van der Waals surface area contributed by atoms with Gasteiger partial charge < -0.3 is 10.5 Å². The number of ether oxygens (including phenoxy) is 1. The molecule has 0 spiro atoms. The van der Waals surface area contributed by atoms with Gasteiger partial charge in [0.2, 0.25) is 0 Å². The largest absolute Gasteiger partial charge is 0.377 e. The Hall–Kier alpha value is -0.640. The highest BCUT2D eigenvalue weighted by Gasteiger charge is 1.94. The van der Waals surface area contributed by atoms with Crippen molar-refractivity contribution in [2.24, 2.45) is 5.73 Å². The molecule has 0 fully saturated rings. The number of rotatable bonds is 6. The average Bonchev–Trinajstić information content (AvgIpc) is 2.64. The molecule has 0 atom stereocenters. The maximum absolute atomic E-state index is 5.39. The van der Waals surface area contributed by atoms with Crippen molar-refractivity contribution in [1.29, 1.82) is 0 Å². The molecule has 0 amide bonds. The van der Waals surface area contributed by atoms with Crippen LogP contribution >= 0.6 is 11.3 Å². The first-order valence-electron chi connectivity index (χ1n) is 4.29. The van der Waals surface area contributed by atoms with Gasteiger partial charge in [-0.1, -0.05) is 12.6 Å². The molecular weight excluding hydrogens is 182 g/mol. The highest BCUT2D eigenvalue weighted by Crippen LogP contribution is 2.08. The van der Waals surface area contributed by atoms with Crippen LogP contribution in [0.5, 0.6) is 0 Å². The van der Waals surface area contributed by atoms with Gasteiger partial charge in [-0.15, -0.1) is 11.3 Å². The van der Waals surface area contributed by atoms with Crippen molar-refractivity contribution in [3.8, 4) is 0 Å². The third-order valence-corrected chi connectivity index (χ3v) is 2.60. The standard InChI is InChI=1S/C10H15NOS/c1-9(7-11)8-12-5-4-10-3-2-6-13-10/h2-3,6H,1,4-5,7-8,11H2. The first-order chi connectivity index (χ1) is 6.33. The lowest BCUT2D eigenvalue weighted by Gasteiger charge is -2.03. The third kappa shape index (κ3) is 4.22. The highest BCUT2D eigenvalue weighted by atomic mass is 32.1. The minimum Gasteiger partial charge on any atom is -0.377 e. The topological polar surface area (TPSA) is 35.2 Å². The van der Waals surface area contributed by atoms with Crippen molar-refractivity contribution < 1.29 is 4.74 Å². The Kier molecular flexibility index (Phi) is 4.75. The Morgan fingerprint density at radius 2 is 2.46 bits per heavy atom. The molecule has 1 rings (SSSR count). The summed E-state index contributed by atoms with van der Waals surface area (Å²) in [6.45, 7) is 5.61. The maximum Gasteiger partial charge on any atom is 0.0686 e. The lowest BCUT2D eigenvalue weighted by Crippen LogP contribution is -2.09. The molecule has 13 heavy (non-hydrogen) atoms. The second-order valence-corrected chi connectivity index (χ2v) is 3.87. The molecule has 2 nitrogen and oxygen atoms in total. The zero-order valence-electron chi connectivity index (χ0n) is 7.66. The van der Waals surface area contributed by atoms with Gasteiger partial charge in [0.15, 0.2) is 0 Å². The van der Waals surface area contributed by atoms with Crippen LogP contribution in [0.2, 0.25) is 0 Å². The molecule has 0 aliphatic rings. The molecule has 1 aromatic heterocycles. The van der Waals surface area contributed by atoms with Crippen LogP contribution < -0.4 is 5.73 Å². The van der Waals surface area contributed by atoms with Gasteiger partial charge in [-0.3, -0.25) is 0 Å². The lowest BCUT2D eigenvalue weighted by molar-refractivity contribution is 0.159. The predicted octanol–water partition coefficient (Wildman–Crippen LogP) is 1.82. The van der Waals surface area contributed by atoms with E-state index in [2.05, 4.69) is 24.1 Å². The molecule has 72 valence electrons. The number of nitrogens with two attached hydrogens (primary N) is 1. The molecule has 0 saturated heterocycles. The van der Waals surface area contributed by atoms with Crippen molar-refractivity contribution in [2.45, 2.75) is 6.42 Å². The average molecular weight is 197 g/mol. The number of hydrogen-bond donors (Lipinski definition) is 1. The monoisotopic (exact) mass is 197 g/mol. The molecule has 1 heterocycles. The Morgan fingerprint density at radius 3 is 3.08 bits per heavy atom. The predicted molar refractivity (Wildman–Crippen MR) is 57.0 cm³/mol. The van der Waals surface area contributed by atoms with Gasteiger partial charge in [-0.25, -0.2) is 0 Å². The summed E-state index contributed by atoms with van der Waals surface area (Å²) in [6.07, 6.45) is 0.982. The van der Waals surface area contributed by atoms with Crippen LogP contribution in [-0.2, 0) is 11.2 Å². The molecule has 0 saturated carbocycles. The Morgan fingerprint density at radius 1 is 1.62 bits per heavy atom. The SMILES string of the molecule is C=C(CN)COCCc1cccs1. The summed E-state index contributed by atoms with van der Waals surface area (Å²) < 4.78 is 5.39. The van der Waals surface area contributed by atoms with E-state index in [1.807, 2.05) is 0 Å². The minimum atomic E-state index is 0.513. The van der Waals surface area contributed by atoms with E-state index in [0.29, 0.717) is 13.2 Å². The van der Waals surface area contributed by atoms with Crippen molar-refractivity contribution >= 4 is 11.3 Å². The quantitative estimate of drug-likeness (QED) is 0.557. The number of hydrogen-bond acceptors (Lipinski definition) is 3. The fourth-order valence-corrected chi connectivity index (χ4v) is 1.59. The summed E-state index contributed by atoms with van der Waals surface area (Å²) in [5.41, 5.74) is 6.32. The maximum atomic E-state index is 5.39. The van der Waals surface area contributed by atoms with Crippen molar-refractivity contribution in [1.82, 2.24) is 0 Å². The van der Waals surface area contributed by atoms with E-state index in [1.165, 1.54) is 4.88 Å². The summed E-state index contributed by atoms with van der Waals surface area (Å²) in [6, 6.07) is 4.17. The van der Waals surface area contributed by atoms with Gasteiger partial charge in [0, 0.05) is 17.8 Å². The fourth-order valence-electron chi connectivity index (χ4n) is 0.903. The third-order valence-electron chi connectivity index (χ3n) is 1.67. The Bertz CT molecular complexity index is 243. The van der Waals surface area contributed by atoms with Crippen LogP contribution in [0.15, 0.2) is 29.7 Å². The van der Waals surface area contributed by atoms with Crippen LogP contribution in [0.25, 0.3) is 0 Å². The summed E-state index contributed by atoms with van der Waals surface area (Å²) in [4.78, 5) is 1.36. The summed E-state index contributed by atoms with van der Waals surface area (Å²) >= 11 is 1.76. The smallest absolute Gasteiger partial charge is 0.0686 e. The van der Waals surface area contributed by atoms with Gasteiger partial charge in [0.25, 0.3) is 0 Å². The first-order valence-corrected chi connectivity index (χ1v) is 5.17. The van der Waals surface area contributed by atoms with Crippen molar-refractivity contribution in [3.05, 3.63) is 34.5 Å². The van der Waals surface area contributed by atoms with E-state index in [9.17, 15) is 0 Å². The highest BCUT2D eigenvalue weighted by molar-refractivity contribution is 7.09. The van der Waals surface area contributed by atoms with E-state index >= 15 is 0 Å². The van der Waals surface area contributed by atoms with E-state index < -0.39 is 0 Å². The minimum absolute atomic E-state index is 0.513. The van der Waals surface area contributed by atoms with Gasteiger partial charge in [0.05, 0.1) is 13.2 Å². The van der Waals surface area contributed by atoms with E-state index in [0.717, 1.165) is 18.6 Å². The van der Waals surface area contributed by atoms with Crippen molar-refractivity contribution in [3.63, 3.8) is 0 Å². The molecule has 2 N–H and O–H groups in total. The van der Waals surface area contributed by atoms with E-state index in [-0.39, 0.29) is 0 Å². The van der Waals surface area contributed by atoms with Gasteiger partial charge >= 0.3 is 0 Å². The van der Waals surface area contributed by atoms with Crippen LogP contribution in [0.1, 0.15) is 4.88 Å². The van der Waals surface area contributed by atoms with Crippen LogP contribution in [0, 0.1) is 0 Å². The van der Waals surface area contributed by atoms with Crippen LogP contribution in [0.4, 0.5) is 0 Å². The second-order valence-electron chi connectivity index (χ2n) is 2.84. The van der Waals surface area contributed by atoms with Crippen molar-refractivity contribution in [2.75, 3.05) is 19.8 Å². The molecular formula is C10H15NOS. The Labute approximate surface area is 83.0 Å². The zero-order valence-corrected chi connectivity index (χ0v) is 8.48. The lowest BCUT2D eigenvalue weighted by atomic mass is 10.3. The summed E-state index contributed by atoms with van der Waals surface area (Å²) in [5.74, 6) is 0. The summed E-state index contributed by atoms with van der Waals surface area (Å²) in [5, 5.41) is 2.08. The van der Waals surface area contributed by atoms with Crippen LogP contribution in [-0.4, -0.2) is 19.8 Å². The molecule has 3 heteroatoms. The molecule has 0 aliphatic heterocycles. The van der Waals surface area contributed by atoms with E-state index in [1.54, 1.807) is 11.3 Å². The molecule has 0 bridgehead atoms. The normalized spacial score (nSPS) is 10.2. The van der Waals surface area contributed by atoms with Gasteiger partial charge in [-0.2, -0.15) is 0 Å². The Balaban J connectivity index is 2.05. The molecule has 0 aromatic carbocycles. The molecule has 0 unspecified atom stereocenters. The number of thiophene rings is 1. The van der Waals surface area contributed by atoms with E-state index in [4.69, 9.17) is 10.5 Å². The molecule has 1 aromatic rings. The van der Waals surface area contributed by atoms with Gasteiger partial charge in [0.1, 0.15) is 0 Å². The van der Waals surface area contributed by atoms with Gasteiger partial charge in [-0.05, 0) is 17.0 Å². The first kappa shape index (κ1) is 10.4. The fraction of sp³-hybridized carbons (Fsp3) is 0.400.